The molecule has 190 valence electrons. The molecule has 0 fully saturated rings. The molecule has 0 heterocycles. The van der Waals surface area contributed by atoms with Gasteiger partial charge in [0.2, 0.25) is 11.8 Å². The van der Waals surface area contributed by atoms with Gasteiger partial charge in [-0.05, 0) is 49.6 Å². The number of benzene rings is 3. The first kappa shape index (κ1) is 28.1. The minimum Gasteiger partial charge on any atom is -0.350 e. The second kappa shape index (κ2) is 13.2. The highest BCUT2D eigenvalue weighted by Crippen LogP contribution is 2.25. The van der Waals surface area contributed by atoms with Gasteiger partial charge in [0.15, 0.2) is 0 Å². The van der Waals surface area contributed by atoms with Crippen LogP contribution in [0.3, 0.4) is 0 Å². The predicted octanol–water partition coefficient (Wildman–Crippen LogP) is 6.78. The molecule has 7 heteroatoms. The van der Waals surface area contributed by atoms with Crippen LogP contribution in [-0.4, -0.2) is 34.0 Å². The van der Waals surface area contributed by atoms with Crippen molar-refractivity contribution in [1.29, 1.82) is 0 Å². The first-order valence-corrected chi connectivity index (χ1v) is 13.7. The molecule has 3 rings (SSSR count). The van der Waals surface area contributed by atoms with E-state index in [1.54, 1.807) is 11.0 Å². The minimum absolute atomic E-state index is 0.0890. The first-order chi connectivity index (χ1) is 17.1. The molecule has 3 aromatic carbocycles. The lowest BCUT2D eigenvalue weighted by molar-refractivity contribution is -0.140. The number of carbonyl (C=O) groups is 2. The number of hydrogen-bond acceptors (Lipinski definition) is 3. The third-order valence-corrected chi connectivity index (χ3v) is 7.17. The number of halogens is 2. The van der Waals surface area contributed by atoms with E-state index in [4.69, 9.17) is 23.2 Å². The number of amides is 2. The minimum atomic E-state index is -0.648. The Balaban J connectivity index is 1.84. The molecular weight excluding hydrogens is 511 g/mol. The Bertz CT molecular complexity index is 1150. The zero-order chi connectivity index (χ0) is 26.1. The van der Waals surface area contributed by atoms with Crippen molar-refractivity contribution >= 4 is 46.8 Å². The van der Waals surface area contributed by atoms with Gasteiger partial charge in [0.1, 0.15) is 6.04 Å². The van der Waals surface area contributed by atoms with Crippen LogP contribution < -0.4 is 5.32 Å². The number of hydrogen-bond donors (Lipinski definition) is 1. The third-order valence-electron chi connectivity index (χ3n) is 5.44. The van der Waals surface area contributed by atoms with Crippen LogP contribution in [0.5, 0.6) is 0 Å². The summed E-state index contributed by atoms with van der Waals surface area (Å²) < 4.78 is 0. The summed E-state index contributed by atoms with van der Waals surface area (Å²) in [7, 11) is 0. The number of nitrogens with one attached hydrogen (secondary N) is 1. The van der Waals surface area contributed by atoms with Crippen molar-refractivity contribution in [1.82, 2.24) is 10.2 Å². The number of carbonyl (C=O) groups excluding carboxylic acids is 2. The Morgan fingerprint density at radius 1 is 0.861 bits per heavy atom. The average Bonchev–Trinajstić information content (AvgIpc) is 2.83. The van der Waals surface area contributed by atoms with Gasteiger partial charge in [0.25, 0.3) is 0 Å². The van der Waals surface area contributed by atoms with Crippen LogP contribution in [0.1, 0.15) is 37.5 Å². The van der Waals surface area contributed by atoms with E-state index in [9.17, 15) is 9.59 Å². The highest BCUT2D eigenvalue weighted by atomic mass is 35.5. The Labute approximate surface area is 228 Å². The van der Waals surface area contributed by atoms with Crippen LogP contribution in [0, 0.1) is 0 Å². The van der Waals surface area contributed by atoms with Crippen LogP contribution in [0.2, 0.25) is 10.0 Å². The molecule has 4 nitrogen and oxygen atoms in total. The van der Waals surface area contributed by atoms with Gasteiger partial charge in [0.05, 0.1) is 15.8 Å². The molecule has 2 amide bonds. The summed E-state index contributed by atoms with van der Waals surface area (Å²) in [6, 6.07) is 24.4. The summed E-state index contributed by atoms with van der Waals surface area (Å²) in [5.41, 5.74) is 2.54. The van der Waals surface area contributed by atoms with Gasteiger partial charge in [-0.2, -0.15) is 0 Å². The lowest BCUT2D eigenvalue weighted by Gasteiger charge is -2.34. The average molecular weight is 544 g/mol. The second-order valence-corrected chi connectivity index (χ2v) is 11.5. The lowest BCUT2D eigenvalue weighted by atomic mass is 10.0. The van der Waals surface area contributed by atoms with Gasteiger partial charge in [-0.3, -0.25) is 9.59 Å². The fourth-order valence-corrected chi connectivity index (χ4v) is 4.93. The molecule has 0 bridgehead atoms. The van der Waals surface area contributed by atoms with Gasteiger partial charge in [-0.25, -0.2) is 0 Å². The van der Waals surface area contributed by atoms with E-state index in [0.717, 1.165) is 16.7 Å². The lowest BCUT2D eigenvalue weighted by Crippen LogP contribution is -2.54. The van der Waals surface area contributed by atoms with Crippen molar-refractivity contribution < 1.29 is 9.59 Å². The van der Waals surface area contributed by atoms with E-state index < -0.39 is 11.6 Å². The third kappa shape index (κ3) is 8.88. The molecule has 1 atom stereocenters. The molecule has 0 aliphatic heterocycles. The maximum Gasteiger partial charge on any atom is 0.243 e. The van der Waals surface area contributed by atoms with E-state index >= 15 is 0 Å². The topological polar surface area (TPSA) is 49.4 Å². The maximum absolute atomic E-state index is 13.6. The van der Waals surface area contributed by atoms with E-state index in [2.05, 4.69) is 5.32 Å². The Morgan fingerprint density at radius 3 is 2.06 bits per heavy atom. The highest BCUT2D eigenvalue weighted by Gasteiger charge is 2.32. The van der Waals surface area contributed by atoms with Crippen molar-refractivity contribution in [2.45, 2.75) is 51.1 Å². The number of thioether (sulfide) groups is 1. The predicted molar refractivity (Wildman–Crippen MR) is 151 cm³/mol. The molecule has 0 aliphatic carbocycles. The molecule has 0 saturated carbocycles. The van der Waals surface area contributed by atoms with E-state index in [-0.39, 0.29) is 17.6 Å². The summed E-state index contributed by atoms with van der Waals surface area (Å²) in [6.45, 7) is 6.19. The fraction of sp³-hybridized carbons (Fsp3) is 0.310. The Kier molecular flexibility index (Phi) is 10.3. The molecule has 0 saturated heterocycles. The summed E-state index contributed by atoms with van der Waals surface area (Å²) in [5, 5.41) is 4.09. The molecule has 0 spiro atoms. The van der Waals surface area contributed by atoms with Crippen LogP contribution in [-0.2, 0) is 28.3 Å². The Morgan fingerprint density at radius 2 is 1.47 bits per heavy atom. The molecule has 1 N–H and O–H groups in total. The van der Waals surface area contributed by atoms with Crippen LogP contribution in [0.4, 0.5) is 0 Å². The van der Waals surface area contributed by atoms with Crippen LogP contribution in [0.25, 0.3) is 0 Å². The fourth-order valence-electron chi connectivity index (χ4n) is 3.76. The summed E-state index contributed by atoms with van der Waals surface area (Å²) in [5.74, 6) is 0.597. The zero-order valence-electron chi connectivity index (χ0n) is 20.8. The maximum atomic E-state index is 13.6. The van der Waals surface area contributed by atoms with Crippen molar-refractivity contribution in [2.75, 3.05) is 5.75 Å². The van der Waals surface area contributed by atoms with Crippen molar-refractivity contribution in [3.05, 3.63) is 106 Å². The largest absolute Gasteiger partial charge is 0.350 e. The number of rotatable bonds is 10. The van der Waals surface area contributed by atoms with E-state index in [0.29, 0.717) is 28.8 Å². The van der Waals surface area contributed by atoms with Crippen molar-refractivity contribution in [3.63, 3.8) is 0 Å². The normalized spacial score (nSPS) is 12.1. The molecule has 36 heavy (non-hydrogen) atoms. The van der Waals surface area contributed by atoms with Gasteiger partial charge in [-0.1, -0.05) is 89.9 Å². The van der Waals surface area contributed by atoms with Gasteiger partial charge >= 0.3 is 0 Å². The summed E-state index contributed by atoms with van der Waals surface area (Å²) >= 11 is 13.7. The molecule has 0 aromatic heterocycles. The summed E-state index contributed by atoms with van der Waals surface area (Å²) in [4.78, 5) is 28.9. The monoisotopic (exact) mass is 542 g/mol. The van der Waals surface area contributed by atoms with E-state index in [1.807, 2.05) is 93.6 Å². The molecule has 0 aliphatic rings. The quantitative estimate of drug-likeness (QED) is 0.307. The molecule has 0 radical (unpaired) electrons. The SMILES string of the molecule is CC(C)(C)NC(=O)C(Cc1ccccc1)N(Cc1ccccc1)C(=O)CSCc1ccc(Cl)c(Cl)c1. The van der Waals surface area contributed by atoms with E-state index in [1.165, 1.54) is 11.8 Å². The second-order valence-electron chi connectivity index (χ2n) is 9.69. The molecular formula is C29H32Cl2N2O2S. The highest BCUT2D eigenvalue weighted by molar-refractivity contribution is 7.99. The van der Waals surface area contributed by atoms with Gasteiger partial charge < -0.3 is 10.2 Å². The van der Waals surface area contributed by atoms with Crippen LogP contribution in [0.15, 0.2) is 78.9 Å². The smallest absolute Gasteiger partial charge is 0.243 e. The van der Waals surface area contributed by atoms with Crippen LogP contribution >= 0.6 is 35.0 Å². The van der Waals surface area contributed by atoms with Gasteiger partial charge in [0, 0.05) is 24.3 Å². The summed E-state index contributed by atoms with van der Waals surface area (Å²) in [6.07, 6.45) is 0.429. The first-order valence-electron chi connectivity index (χ1n) is 11.8. The van der Waals surface area contributed by atoms with Gasteiger partial charge in [-0.15, -0.1) is 11.8 Å². The van der Waals surface area contributed by atoms with Crippen molar-refractivity contribution in [3.8, 4) is 0 Å². The molecule has 3 aromatic rings. The zero-order valence-corrected chi connectivity index (χ0v) is 23.2. The van der Waals surface area contributed by atoms with Crippen molar-refractivity contribution in [2.24, 2.45) is 0 Å². The number of nitrogens with zero attached hydrogens (tertiary/aromatic N) is 1. The molecule has 1 unspecified atom stereocenters. The standard InChI is InChI=1S/C29H32Cl2N2O2S/c1-29(2,3)32-28(35)26(17-21-10-6-4-7-11-21)33(18-22-12-8-5-9-13-22)27(34)20-36-19-23-14-15-24(30)25(31)16-23/h4-16,26H,17-20H2,1-3H3,(H,32,35). The Hall–Kier alpha value is -2.47.